The molecule has 0 atom stereocenters. The van der Waals surface area contributed by atoms with Crippen LogP contribution in [0.4, 0.5) is 27.1 Å². The van der Waals surface area contributed by atoms with Gasteiger partial charge in [0.2, 0.25) is 0 Å². The van der Waals surface area contributed by atoms with E-state index in [1.165, 1.54) is 0 Å². The Balaban J connectivity index is 2.42. The van der Waals surface area contributed by atoms with Crippen molar-refractivity contribution in [3.63, 3.8) is 0 Å². The molecule has 0 spiro atoms. The summed E-state index contributed by atoms with van der Waals surface area (Å²) < 4.78 is 13.7. The molecule has 0 bridgehead atoms. The number of rotatable bonds is 5. The van der Waals surface area contributed by atoms with Gasteiger partial charge in [-0.15, -0.1) is 0 Å². The van der Waals surface area contributed by atoms with Gasteiger partial charge in [-0.25, -0.2) is 4.39 Å². The second-order valence-corrected chi connectivity index (χ2v) is 4.59. The van der Waals surface area contributed by atoms with E-state index in [9.17, 15) is 39.5 Å². The fourth-order valence-electron chi connectivity index (χ4n) is 1.89. The molecule has 2 rings (SSSR count). The standard InChI is InChI=1S/C13H7FN4O7/c14-10-4-2-7(16(20)21)5-11(10)15-13(19)9-3-1-8(17(22)23)6-12(9)18(24)25/h1-6H,(H,15,19). The number of nitrogens with one attached hydrogen (secondary N) is 1. The molecule has 128 valence electrons. The van der Waals surface area contributed by atoms with Crippen LogP contribution in [-0.2, 0) is 0 Å². The van der Waals surface area contributed by atoms with E-state index in [0.29, 0.717) is 6.07 Å². The fourth-order valence-corrected chi connectivity index (χ4v) is 1.89. The van der Waals surface area contributed by atoms with Crippen LogP contribution in [0.3, 0.4) is 0 Å². The molecule has 1 N–H and O–H groups in total. The van der Waals surface area contributed by atoms with Gasteiger partial charge in [0.05, 0.1) is 26.5 Å². The van der Waals surface area contributed by atoms with Crippen LogP contribution in [0.5, 0.6) is 0 Å². The monoisotopic (exact) mass is 350 g/mol. The van der Waals surface area contributed by atoms with Gasteiger partial charge in [0, 0.05) is 18.2 Å². The van der Waals surface area contributed by atoms with Gasteiger partial charge in [-0.1, -0.05) is 0 Å². The third kappa shape index (κ3) is 3.69. The zero-order chi connectivity index (χ0) is 18.7. The van der Waals surface area contributed by atoms with Gasteiger partial charge in [0.1, 0.15) is 11.4 Å². The molecule has 0 unspecified atom stereocenters. The van der Waals surface area contributed by atoms with Crippen LogP contribution in [0.25, 0.3) is 0 Å². The van der Waals surface area contributed by atoms with Gasteiger partial charge in [-0.05, 0) is 12.1 Å². The highest BCUT2D eigenvalue weighted by molar-refractivity contribution is 6.07. The minimum atomic E-state index is -1.15. The Bertz CT molecular complexity index is 915. The van der Waals surface area contributed by atoms with Crippen LogP contribution in [0.1, 0.15) is 10.4 Å². The van der Waals surface area contributed by atoms with Crippen LogP contribution >= 0.6 is 0 Å². The van der Waals surface area contributed by atoms with Crippen molar-refractivity contribution in [3.05, 3.63) is 78.1 Å². The van der Waals surface area contributed by atoms with Crippen LogP contribution in [0, 0.1) is 36.2 Å². The Labute approximate surface area is 137 Å². The van der Waals surface area contributed by atoms with Gasteiger partial charge in [0.15, 0.2) is 0 Å². The van der Waals surface area contributed by atoms with Gasteiger partial charge < -0.3 is 5.32 Å². The number of carbonyl (C=O) groups excluding carboxylic acids is 1. The lowest BCUT2D eigenvalue weighted by molar-refractivity contribution is -0.394. The molecule has 0 fully saturated rings. The lowest BCUT2D eigenvalue weighted by Crippen LogP contribution is -2.15. The molecule has 12 heteroatoms. The number of nitrogens with zero attached hydrogens (tertiary/aromatic N) is 3. The molecule has 11 nitrogen and oxygen atoms in total. The molecule has 0 heterocycles. The zero-order valence-corrected chi connectivity index (χ0v) is 12.0. The summed E-state index contributed by atoms with van der Waals surface area (Å²) in [5.74, 6) is -2.15. The highest BCUT2D eigenvalue weighted by Crippen LogP contribution is 2.27. The van der Waals surface area contributed by atoms with Crippen LogP contribution in [-0.4, -0.2) is 20.7 Å². The molecule has 0 aliphatic carbocycles. The summed E-state index contributed by atoms with van der Waals surface area (Å²) in [6.07, 6.45) is 0. The number of nitro groups is 3. The average molecular weight is 350 g/mol. The van der Waals surface area contributed by atoms with Gasteiger partial charge >= 0.3 is 0 Å². The number of benzene rings is 2. The molecule has 0 aliphatic rings. The normalized spacial score (nSPS) is 10.1. The van der Waals surface area contributed by atoms with Crippen molar-refractivity contribution in [2.75, 3.05) is 5.32 Å². The minimum Gasteiger partial charge on any atom is -0.319 e. The molecular formula is C13H7FN4O7. The molecule has 2 aromatic rings. The van der Waals surface area contributed by atoms with Gasteiger partial charge in [-0.2, -0.15) is 0 Å². The summed E-state index contributed by atoms with van der Waals surface area (Å²) in [5, 5.41) is 34.3. The molecule has 0 radical (unpaired) electrons. The maximum atomic E-state index is 13.7. The number of anilines is 1. The number of hydrogen-bond donors (Lipinski definition) is 1. The molecule has 1 amide bonds. The molecule has 0 saturated carbocycles. The van der Waals surface area contributed by atoms with Crippen LogP contribution in [0.2, 0.25) is 0 Å². The van der Waals surface area contributed by atoms with Crippen molar-refractivity contribution in [1.82, 2.24) is 0 Å². The minimum absolute atomic E-state index is 0.505. The summed E-state index contributed by atoms with van der Waals surface area (Å²) in [7, 11) is 0. The lowest BCUT2D eigenvalue weighted by Gasteiger charge is -2.07. The second-order valence-electron chi connectivity index (χ2n) is 4.59. The third-order valence-corrected chi connectivity index (χ3v) is 3.04. The number of amides is 1. The largest absolute Gasteiger partial charge is 0.319 e. The van der Waals surface area contributed by atoms with Crippen LogP contribution in [0.15, 0.2) is 36.4 Å². The van der Waals surface area contributed by atoms with Crippen molar-refractivity contribution in [2.45, 2.75) is 0 Å². The van der Waals surface area contributed by atoms with E-state index in [0.717, 1.165) is 30.3 Å². The molecule has 0 aromatic heterocycles. The predicted molar refractivity (Wildman–Crippen MR) is 80.8 cm³/mol. The van der Waals surface area contributed by atoms with Gasteiger partial charge in [-0.3, -0.25) is 35.1 Å². The molecule has 25 heavy (non-hydrogen) atoms. The predicted octanol–water partition coefficient (Wildman–Crippen LogP) is 2.80. The van der Waals surface area contributed by atoms with E-state index in [-0.39, 0.29) is 0 Å². The number of carbonyl (C=O) groups is 1. The first-order valence-electron chi connectivity index (χ1n) is 6.39. The maximum Gasteiger partial charge on any atom is 0.289 e. The molecule has 0 saturated heterocycles. The average Bonchev–Trinajstić information content (AvgIpc) is 2.55. The summed E-state index contributed by atoms with van der Waals surface area (Å²) in [4.78, 5) is 41.8. The van der Waals surface area contributed by atoms with E-state index in [1.54, 1.807) is 0 Å². The first-order chi connectivity index (χ1) is 11.7. The first-order valence-corrected chi connectivity index (χ1v) is 6.39. The Kier molecular flexibility index (Phi) is 4.63. The number of nitro benzene ring substituents is 3. The second kappa shape index (κ2) is 6.66. The summed E-state index contributed by atoms with van der Waals surface area (Å²) >= 11 is 0. The SMILES string of the molecule is O=C(Nc1cc([N+](=O)[O-])ccc1F)c1ccc([N+](=O)[O-])cc1[N+](=O)[O-]. The zero-order valence-electron chi connectivity index (χ0n) is 12.0. The van der Waals surface area contributed by atoms with Crippen molar-refractivity contribution in [2.24, 2.45) is 0 Å². The number of non-ortho nitro benzene ring substituents is 2. The number of halogens is 1. The Morgan fingerprint density at radius 3 is 2.00 bits per heavy atom. The van der Waals surface area contributed by atoms with E-state index in [4.69, 9.17) is 0 Å². The van der Waals surface area contributed by atoms with E-state index < -0.39 is 54.8 Å². The van der Waals surface area contributed by atoms with Crippen molar-refractivity contribution in [3.8, 4) is 0 Å². The lowest BCUT2D eigenvalue weighted by atomic mass is 10.1. The highest BCUT2D eigenvalue weighted by Gasteiger charge is 2.25. The Morgan fingerprint density at radius 2 is 1.44 bits per heavy atom. The third-order valence-electron chi connectivity index (χ3n) is 3.04. The first kappa shape index (κ1) is 17.4. The Hall–Kier alpha value is -3.96. The smallest absolute Gasteiger partial charge is 0.289 e. The Morgan fingerprint density at radius 1 is 0.880 bits per heavy atom. The summed E-state index contributed by atoms with van der Waals surface area (Å²) in [5.41, 5.74) is -3.11. The highest BCUT2D eigenvalue weighted by atomic mass is 19.1. The van der Waals surface area contributed by atoms with Gasteiger partial charge in [0.25, 0.3) is 23.0 Å². The summed E-state index contributed by atoms with van der Waals surface area (Å²) in [6, 6.07) is 4.65. The maximum absolute atomic E-state index is 13.7. The quantitative estimate of drug-likeness (QED) is 0.641. The van der Waals surface area contributed by atoms with Crippen LogP contribution < -0.4 is 5.32 Å². The fraction of sp³-hybridized carbons (Fsp3) is 0. The molecule has 0 aliphatic heterocycles. The van der Waals surface area contributed by atoms with E-state index in [1.807, 2.05) is 5.32 Å². The topological polar surface area (TPSA) is 159 Å². The summed E-state index contributed by atoms with van der Waals surface area (Å²) in [6.45, 7) is 0. The molecular weight excluding hydrogens is 343 g/mol. The van der Waals surface area contributed by atoms with E-state index >= 15 is 0 Å². The van der Waals surface area contributed by atoms with Crippen molar-refractivity contribution >= 4 is 28.7 Å². The van der Waals surface area contributed by atoms with Crippen molar-refractivity contribution in [1.29, 1.82) is 0 Å². The molecule has 2 aromatic carbocycles. The van der Waals surface area contributed by atoms with E-state index in [2.05, 4.69) is 0 Å². The number of hydrogen-bond acceptors (Lipinski definition) is 7. The van der Waals surface area contributed by atoms with Crippen molar-refractivity contribution < 1.29 is 24.0 Å².